The van der Waals surface area contributed by atoms with E-state index >= 15 is 0 Å². The summed E-state index contributed by atoms with van der Waals surface area (Å²) < 4.78 is 27.7. The van der Waals surface area contributed by atoms with Gasteiger partial charge in [-0.15, -0.1) is 6.58 Å². The molecule has 0 aliphatic rings. The fourth-order valence-electron chi connectivity index (χ4n) is 1.31. The van der Waals surface area contributed by atoms with Gasteiger partial charge >= 0.3 is 0 Å². The molecule has 0 aromatic heterocycles. The van der Waals surface area contributed by atoms with Gasteiger partial charge in [-0.3, -0.25) is 4.79 Å². The lowest BCUT2D eigenvalue weighted by Gasteiger charge is -2.15. The summed E-state index contributed by atoms with van der Waals surface area (Å²) in [6.45, 7) is 5.35. The number of carbonyl (C=O) groups excluding carboxylic acids is 1. The lowest BCUT2D eigenvalue weighted by Crippen LogP contribution is -2.36. The summed E-state index contributed by atoms with van der Waals surface area (Å²) in [5.74, 6) is -0.142. The lowest BCUT2D eigenvalue weighted by atomic mass is 10.3. The van der Waals surface area contributed by atoms with E-state index in [0.717, 1.165) is 0 Å². The summed E-state index contributed by atoms with van der Waals surface area (Å²) in [6.07, 6.45) is 0.756. The van der Waals surface area contributed by atoms with Gasteiger partial charge in [0.2, 0.25) is 10.0 Å². The van der Waals surface area contributed by atoms with E-state index in [9.17, 15) is 13.2 Å². The highest BCUT2D eigenvalue weighted by atomic mass is 35.5. The van der Waals surface area contributed by atoms with Crippen molar-refractivity contribution in [3.05, 3.63) is 35.9 Å². The van der Waals surface area contributed by atoms with Crippen molar-refractivity contribution < 1.29 is 17.9 Å². The number of halogens is 1. The van der Waals surface area contributed by atoms with Crippen LogP contribution >= 0.6 is 11.6 Å². The number of hydrogen-bond acceptors (Lipinski definition) is 4. The van der Waals surface area contributed by atoms with Crippen LogP contribution in [0.3, 0.4) is 0 Å². The maximum absolute atomic E-state index is 11.6. The van der Waals surface area contributed by atoms with E-state index in [2.05, 4.69) is 11.9 Å². The van der Waals surface area contributed by atoms with Crippen LogP contribution in [0.1, 0.15) is 6.92 Å². The number of sulfonamides is 1. The van der Waals surface area contributed by atoms with Gasteiger partial charge < -0.3 is 10.1 Å². The van der Waals surface area contributed by atoms with Crippen molar-refractivity contribution in [1.29, 1.82) is 0 Å². The van der Waals surface area contributed by atoms with Crippen LogP contribution < -0.4 is 15.2 Å². The van der Waals surface area contributed by atoms with E-state index < -0.39 is 16.1 Å². The minimum Gasteiger partial charge on any atom is -0.479 e. The number of carbonyl (C=O) groups is 1. The number of benzene rings is 1. The molecular weight excluding hydrogens is 304 g/mol. The number of rotatable bonds is 6. The van der Waals surface area contributed by atoms with Gasteiger partial charge in [-0.05, 0) is 25.1 Å². The number of hydrogen-bond donors (Lipinski definition) is 2. The molecular formula is C12H15ClN2O4S. The van der Waals surface area contributed by atoms with Gasteiger partial charge in [-0.2, -0.15) is 0 Å². The molecule has 3 N–H and O–H groups in total. The molecule has 1 aromatic rings. The van der Waals surface area contributed by atoms with Crippen LogP contribution in [0.5, 0.6) is 5.75 Å². The third-order valence-electron chi connectivity index (χ3n) is 2.33. The van der Waals surface area contributed by atoms with Gasteiger partial charge in [-0.25, -0.2) is 13.6 Å². The first-order valence-electron chi connectivity index (χ1n) is 5.63. The molecule has 8 heteroatoms. The maximum Gasteiger partial charge on any atom is 0.261 e. The van der Waals surface area contributed by atoms with Crippen molar-refractivity contribution in [2.45, 2.75) is 17.9 Å². The average molecular weight is 319 g/mol. The minimum atomic E-state index is -3.83. The summed E-state index contributed by atoms with van der Waals surface area (Å²) in [5, 5.41) is 7.60. The zero-order chi connectivity index (χ0) is 15.3. The Bertz CT molecular complexity index is 616. The van der Waals surface area contributed by atoms with Crippen molar-refractivity contribution in [1.82, 2.24) is 5.32 Å². The van der Waals surface area contributed by atoms with Crippen LogP contribution in [-0.4, -0.2) is 27.0 Å². The molecule has 0 saturated heterocycles. The highest BCUT2D eigenvalue weighted by molar-refractivity contribution is 7.89. The fourth-order valence-corrected chi connectivity index (χ4v) is 2.14. The van der Waals surface area contributed by atoms with E-state index in [1.807, 2.05) is 0 Å². The predicted molar refractivity (Wildman–Crippen MR) is 76.1 cm³/mol. The molecule has 0 aliphatic carbocycles. The van der Waals surface area contributed by atoms with Crippen LogP contribution in [0.2, 0.25) is 5.02 Å². The smallest absolute Gasteiger partial charge is 0.261 e. The summed E-state index contributed by atoms with van der Waals surface area (Å²) in [5.41, 5.74) is 0. The first-order chi connectivity index (χ1) is 9.25. The van der Waals surface area contributed by atoms with E-state index in [0.29, 0.717) is 6.54 Å². The number of amides is 1. The summed E-state index contributed by atoms with van der Waals surface area (Å²) >= 11 is 5.90. The van der Waals surface area contributed by atoms with E-state index in [1.165, 1.54) is 18.2 Å². The van der Waals surface area contributed by atoms with Crippen molar-refractivity contribution in [3.8, 4) is 5.75 Å². The molecule has 0 heterocycles. The first-order valence-corrected chi connectivity index (χ1v) is 7.55. The molecule has 1 aromatic carbocycles. The second kappa shape index (κ2) is 6.74. The van der Waals surface area contributed by atoms with Crippen molar-refractivity contribution >= 4 is 27.5 Å². The third kappa shape index (κ3) is 4.52. The second-order valence-electron chi connectivity index (χ2n) is 3.93. The normalized spacial score (nSPS) is 12.6. The molecule has 1 amide bonds. The molecule has 1 rings (SSSR count). The van der Waals surface area contributed by atoms with Gasteiger partial charge in [0.25, 0.3) is 5.91 Å². The van der Waals surface area contributed by atoms with Crippen LogP contribution in [-0.2, 0) is 14.8 Å². The van der Waals surface area contributed by atoms with Crippen molar-refractivity contribution in [2.24, 2.45) is 5.14 Å². The average Bonchev–Trinajstić information content (AvgIpc) is 2.36. The Hall–Kier alpha value is -1.57. The van der Waals surface area contributed by atoms with Crippen molar-refractivity contribution in [2.75, 3.05) is 6.54 Å². The maximum atomic E-state index is 11.6. The predicted octanol–water partition coefficient (Wildman–Crippen LogP) is 1.06. The van der Waals surface area contributed by atoms with Gasteiger partial charge in [0.15, 0.2) is 6.10 Å². The molecule has 110 valence electrons. The summed E-state index contributed by atoms with van der Waals surface area (Å²) in [7, 11) is -3.83. The van der Waals surface area contributed by atoms with Gasteiger partial charge in [-0.1, -0.05) is 17.7 Å². The van der Waals surface area contributed by atoms with Crippen LogP contribution in [0.4, 0.5) is 0 Å². The quantitative estimate of drug-likeness (QED) is 0.766. The number of nitrogens with two attached hydrogens (primary N) is 1. The van der Waals surface area contributed by atoms with Crippen LogP contribution in [0.25, 0.3) is 0 Å². The monoisotopic (exact) mass is 318 g/mol. The largest absolute Gasteiger partial charge is 0.479 e. The van der Waals surface area contributed by atoms with Crippen LogP contribution in [0.15, 0.2) is 35.7 Å². The van der Waals surface area contributed by atoms with Crippen LogP contribution in [0, 0.1) is 0 Å². The number of ether oxygens (including phenoxy) is 1. The standard InChI is InChI=1S/C12H15ClN2O4S/c1-3-6-15-12(16)8(2)19-11-5-4-9(7-10(11)13)20(14,17)18/h3-5,7-8H,1,6H2,2H3,(H,15,16)(H2,14,17,18). The molecule has 6 nitrogen and oxygen atoms in total. The zero-order valence-electron chi connectivity index (χ0n) is 10.8. The minimum absolute atomic E-state index is 0.0555. The Labute approximate surface area is 122 Å². The van der Waals surface area contributed by atoms with Gasteiger partial charge in [0.05, 0.1) is 9.92 Å². The molecule has 0 aliphatic heterocycles. The Kier molecular flexibility index (Phi) is 5.55. The number of nitrogens with one attached hydrogen (secondary N) is 1. The summed E-state index contributed by atoms with van der Waals surface area (Å²) in [6, 6.07) is 3.77. The highest BCUT2D eigenvalue weighted by Crippen LogP contribution is 2.27. The van der Waals surface area contributed by atoms with E-state index in [1.54, 1.807) is 13.0 Å². The van der Waals surface area contributed by atoms with E-state index in [-0.39, 0.29) is 21.6 Å². The SMILES string of the molecule is C=CCNC(=O)C(C)Oc1ccc(S(N)(=O)=O)cc1Cl. The third-order valence-corrected chi connectivity index (χ3v) is 3.53. The van der Waals surface area contributed by atoms with Gasteiger partial charge in [0.1, 0.15) is 5.75 Å². The zero-order valence-corrected chi connectivity index (χ0v) is 12.4. The Morgan fingerprint density at radius 3 is 2.75 bits per heavy atom. The molecule has 0 radical (unpaired) electrons. The van der Waals surface area contributed by atoms with Gasteiger partial charge in [0, 0.05) is 6.54 Å². The molecule has 1 atom stereocenters. The molecule has 0 saturated carbocycles. The topological polar surface area (TPSA) is 98.5 Å². The molecule has 20 heavy (non-hydrogen) atoms. The fraction of sp³-hybridized carbons (Fsp3) is 0.250. The number of primary sulfonamides is 1. The molecule has 0 spiro atoms. The molecule has 1 unspecified atom stereocenters. The van der Waals surface area contributed by atoms with Crippen molar-refractivity contribution in [3.63, 3.8) is 0 Å². The highest BCUT2D eigenvalue weighted by Gasteiger charge is 2.17. The Morgan fingerprint density at radius 2 is 2.25 bits per heavy atom. The Balaban J connectivity index is 2.84. The Morgan fingerprint density at radius 1 is 1.60 bits per heavy atom. The first kappa shape index (κ1) is 16.5. The second-order valence-corrected chi connectivity index (χ2v) is 5.90. The lowest BCUT2D eigenvalue weighted by molar-refractivity contribution is -0.127. The summed E-state index contributed by atoms with van der Waals surface area (Å²) in [4.78, 5) is 11.5. The molecule has 0 fully saturated rings. The molecule has 0 bridgehead atoms. The van der Waals surface area contributed by atoms with E-state index in [4.69, 9.17) is 21.5 Å².